The van der Waals surface area contributed by atoms with Crippen LogP contribution < -0.4 is 0 Å². The molecule has 1 aromatic rings. The summed E-state index contributed by atoms with van der Waals surface area (Å²) in [5.41, 5.74) is 1.08. The Labute approximate surface area is 115 Å². The van der Waals surface area contributed by atoms with Crippen molar-refractivity contribution in [2.75, 3.05) is 0 Å². The van der Waals surface area contributed by atoms with Crippen LogP contribution in [-0.2, 0) is 30.3 Å². The first kappa shape index (κ1) is 13.2. The molecule has 0 amide bonds. The molecule has 0 aliphatic carbocycles. The number of rotatable bonds is 4. The van der Waals surface area contributed by atoms with Gasteiger partial charge in [0.2, 0.25) is 0 Å². The number of carbonyl (C=O) groups excluding carboxylic acids is 1. The maximum Gasteiger partial charge on any atom is 0.190 e. The van der Waals surface area contributed by atoms with E-state index in [1.807, 2.05) is 30.7 Å². The van der Waals surface area contributed by atoms with Gasteiger partial charge in [-0.2, -0.15) is 11.3 Å². The second kappa shape index (κ2) is 4.96. The summed E-state index contributed by atoms with van der Waals surface area (Å²) >= 11 is 1.61. The number of carbonyl (C=O) groups is 1. The molecule has 3 rings (SSSR count). The number of hydrogen-bond donors (Lipinski definition) is 0. The van der Waals surface area contributed by atoms with Gasteiger partial charge in [-0.25, -0.2) is 0 Å². The third kappa shape index (κ3) is 2.59. The fourth-order valence-electron chi connectivity index (χ4n) is 2.37. The minimum atomic E-state index is -0.701. The van der Waals surface area contributed by atoms with Gasteiger partial charge in [-0.1, -0.05) is 0 Å². The molecule has 5 nitrogen and oxygen atoms in total. The van der Waals surface area contributed by atoms with Gasteiger partial charge < -0.3 is 23.7 Å². The largest absolute Gasteiger partial charge is 0.367 e. The van der Waals surface area contributed by atoms with Gasteiger partial charge in [0.1, 0.15) is 18.3 Å². The molecule has 104 valence electrons. The molecule has 19 heavy (non-hydrogen) atoms. The van der Waals surface area contributed by atoms with Crippen LogP contribution in [0, 0.1) is 0 Å². The van der Waals surface area contributed by atoms with E-state index in [4.69, 9.17) is 18.9 Å². The standard InChI is InChI=1S/C13H16O5S/c1-13(2)17-11-10(9(5-14)16-12(11)18-13)15-6-8-3-4-19-7-8/h3-5,7,9-12H,6H2,1-2H3/t9-,10+,11-,12-/m1/s1. The third-order valence-corrected chi connectivity index (χ3v) is 3.92. The van der Waals surface area contributed by atoms with Crippen LogP contribution in [0.5, 0.6) is 0 Å². The molecule has 0 aromatic carbocycles. The quantitative estimate of drug-likeness (QED) is 0.788. The highest BCUT2D eigenvalue weighted by molar-refractivity contribution is 7.07. The van der Waals surface area contributed by atoms with Crippen LogP contribution in [0.2, 0.25) is 0 Å². The molecule has 2 saturated heterocycles. The van der Waals surface area contributed by atoms with Crippen molar-refractivity contribution in [1.82, 2.24) is 0 Å². The second-order valence-electron chi connectivity index (χ2n) is 5.11. The summed E-state index contributed by atoms with van der Waals surface area (Å²) in [5, 5.41) is 4.00. The molecular formula is C13H16O5S. The Morgan fingerprint density at radius 2 is 2.32 bits per heavy atom. The first-order chi connectivity index (χ1) is 9.09. The molecule has 0 N–H and O–H groups in total. The van der Waals surface area contributed by atoms with E-state index in [0.29, 0.717) is 6.61 Å². The summed E-state index contributed by atoms with van der Waals surface area (Å²) < 4.78 is 22.7. The van der Waals surface area contributed by atoms with Gasteiger partial charge in [-0.15, -0.1) is 0 Å². The minimum Gasteiger partial charge on any atom is -0.367 e. The Bertz CT molecular complexity index is 444. The minimum absolute atomic E-state index is 0.358. The molecule has 2 aliphatic rings. The topological polar surface area (TPSA) is 54.0 Å². The lowest BCUT2D eigenvalue weighted by Gasteiger charge is -2.23. The average molecular weight is 284 g/mol. The van der Waals surface area contributed by atoms with Gasteiger partial charge in [0, 0.05) is 0 Å². The monoisotopic (exact) mass is 284 g/mol. The SMILES string of the molecule is CC1(C)O[C@H]2O[C@H](C=O)[C@H](OCc3ccsc3)[C@H]2O1. The number of fused-ring (bicyclic) bond motifs is 1. The predicted molar refractivity (Wildman–Crippen MR) is 67.7 cm³/mol. The third-order valence-electron chi connectivity index (χ3n) is 3.18. The van der Waals surface area contributed by atoms with Crippen LogP contribution >= 0.6 is 11.3 Å². The second-order valence-corrected chi connectivity index (χ2v) is 5.89. The fraction of sp³-hybridized carbons (Fsp3) is 0.615. The fourth-order valence-corrected chi connectivity index (χ4v) is 3.02. The highest BCUT2D eigenvalue weighted by Gasteiger charge is 2.55. The zero-order valence-corrected chi connectivity index (χ0v) is 11.6. The van der Waals surface area contributed by atoms with Gasteiger partial charge in [-0.3, -0.25) is 0 Å². The van der Waals surface area contributed by atoms with E-state index in [2.05, 4.69) is 0 Å². The molecule has 0 bridgehead atoms. The Hall–Kier alpha value is -0.790. The lowest BCUT2D eigenvalue weighted by Crippen LogP contribution is -2.37. The number of ether oxygens (including phenoxy) is 4. The van der Waals surface area contributed by atoms with Crippen molar-refractivity contribution in [2.24, 2.45) is 0 Å². The van der Waals surface area contributed by atoms with E-state index in [-0.39, 0.29) is 6.10 Å². The van der Waals surface area contributed by atoms with E-state index >= 15 is 0 Å². The molecule has 3 heterocycles. The van der Waals surface area contributed by atoms with E-state index in [0.717, 1.165) is 11.8 Å². The van der Waals surface area contributed by atoms with Gasteiger partial charge >= 0.3 is 0 Å². The van der Waals surface area contributed by atoms with Crippen molar-refractivity contribution in [2.45, 2.75) is 50.8 Å². The van der Waals surface area contributed by atoms with Crippen molar-refractivity contribution < 1.29 is 23.7 Å². The zero-order chi connectivity index (χ0) is 13.5. The summed E-state index contributed by atoms with van der Waals surface area (Å²) in [6, 6.07) is 1.99. The predicted octanol–water partition coefficient (Wildman–Crippen LogP) is 1.71. The maximum absolute atomic E-state index is 11.1. The molecule has 0 radical (unpaired) electrons. The van der Waals surface area contributed by atoms with Crippen molar-refractivity contribution in [3.8, 4) is 0 Å². The zero-order valence-electron chi connectivity index (χ0n) is 10.8. The van der Waals surface area contributed by atoms with Gasteiger partial charge in [0.15, 0.2) is 18.4 Å². The van der Waals surface area contributed by atoms with Crippen LogP contribution in [-0.4, -0.2) is 36.7 Å². The summed E-state index contributed by atoms with van der Waals surface area (Å²) in [7, 11) is 0. The van der Waals surface area contributed by atoms with Crippen molar-refractivity contribution >= 4 is 17.6 Å². The lowest BCUT2D eigenvalue weighted by molar-refractivity contribution is -0.215. The maximum atomic E-state index is 11.1. The van der Waals surface area contributed by atoms with Crippen molar-refractivity contribution in [1.29, 1.82) is 0 Å². The molecule has 6 heteroatoms. The highest BCUT2D eigenvalue weighted by atomic mass is 32.1. The Balaban J connectivity index is 1.68. The lowest BCUT2D eigenvalue weighted by atomic mass is 10.1. The van der Waals surface area contributed by atoms with Crippen LogP contribution in [0.25, 0.3) is 0 Å². The van der Waals surface area contributed by atoms with E-state index < -0.39 is 24.3 Å². The van der Waals surface area contributed by atoms with Crippen LogP contribution in [0.3, 0.4) is 0 Å². The number of thiophene rings is 1. The summed E-state index contributed by atoms with van der Waals surface area (Å²) in [5.74, 6) is -0.701. The van der Waals surface area contributed by atoms with E-state index in [9.17, 15) is 4.79 Å². The van der Waals surface area contributed by atoms with Crippen LogP contribution in [0.4, 0.5) is 0 Å². The van der Waals surface area contributed by atoms with Crippen molar-refractivity contribution in [3.63, 3.8) is 0 Å². The normalized spacial score (nSPS) is 36.3. The van der Waals surface area contributed by atoms with Crippen LogP contribution in [0.15, 0.2) is 16.8 Å². The Morgan fingerprint density at radius 1 is 1.47 bits per heavy atom. The molecule has 0 saturated carbocycles. The average Bonchev–Trinajstić information content (AvgIpc) is 3.01. The summed E-state index contributed by atoms with van der Waals surface area (Å²) in [6.07, 6.45) is -1.20. The molecule has 0 spiro atoms. The smallest absolute Gasteiger partial charge is 0.190 e. The number of aldehydes is 1. The van der Waals surface area contributed by atoms with Gasteiger partial charge in [0.25, 0.3) is 0 Å². The number of hydrogen-bond acceptors (Lipinski definition) is 6. The molecule has 2 fully saturated rings. The highest BCUT2D eigenvalue weighted by Crippen LogP contribution is 2.38. The Kier molecular flexibility index (Phi) is 3.44. The first-order valence-electron chi connectivity index (χ1n) is 6.18. The summed E-state index contributed by atoms with van der Waals surface area (Å²) in [6.45, 7) is 4.08. The molecular weight excluding hydrogens is 268 g/mol. The van der Waals surface area contributed by atoms with Crippen LogP contribution in [0.1, 0.15) is 19.4 Å². The first-order valence-corrected chi connectivity index (χ1v) is 7.12. The van der Waals surface area contributed by atoms with Crippen molar-refractivity contribution in [3.05, 3.63) is 22.4 Å². The molecule has 2 aliphatic heterocycles. The van der Waals surface area contributed by atoms with E-state index in [1.165, 1.54) is 0 Å². The Morgan fingerprint density at radius 3 is 3.00 bits per heavy atom. The summed E-state index contributed by atoms with van der Waals surface area (Å²) in [4.78, 5) is 11.1. The molecule has 0 unspecified atom stereocenters. The van der Waals surface area contributed by atoms with Gasteiger partial charge in [-0.05, 0) is 36.2 Å². The van der Waals surface area contributed by atoms with Gasteiger partial charge in [0.05, 0.1) is 6.61 Å². The molecule has 4 atom stereocenters. The molecule has 1 aromatic heterocycles. The van der Waals surface area contributed by atoms with E-state index in [1.54, 1.807) is 11.3 Å².